The Balaban J connectivity index is 2.25. The van der Waals surface area contributed by atoms with Crippen molar-refractivity contribution in [3.63, 3.8) is 0 Å². The maximum absolute atomic E-state index is 12.7. The fourth-order valence-electron chi connectivity index (χ4n) is 2.54. The number of rotatable bonds is 6. The molecule has 0 N–H and O–H groups in total. The number of esters is 1. The van der Waals surface area contributed by atoms with Crippen molar-refractivity contribution in [2.75, 3.05) is 13.7 Å². The molecule has 7 nitrogen and oxygen atoms in total. The van der Waals surface area contributed by atoms with Crippen LogP contribution < -0.4 is 0 Å². The molecule has 0 spiro atoms. The van der Waals surface area contributed by atoms with Crippen LogP contribution in [0.25, 0.3) is 0 Å². The van der Waals surface area contributed by atoms with Gasteiger partial charge in [0.15, 0.2) is 0 Å². The second-order valence-electron chi connectivity index (χ2n) is 6.10. The van der Waals surface area contributed by atoms with E-state index >= 15 is 0 Å². The number of ether oxygens (including phenoxy) is 1. The molecule has 2 rings (SSSR count). The molecular weight excluding hydrogens is 393 g/mol. The molecule has 0 bridgehead atoms. The van der Waals surface area contributed by atoms with E-state index in [0.29, 0.717) is 5.56 Å². The van der Waals surface area contributed by atoms with Crippen molar-refractivity contribution >= 4 is 17.6 Å². The molecule has 154 valence electrons. The van der Waals surface area contributed by atoms with Gasteiger partial charge in [0.05, 0.1) is 22.7 Å². The molecule has 0 saturated carbocycles. The lowest BCUT2D eigenvalue weighted by Gasteiger charge is -2.18. The minimum atomic E-state index is -4.47. The second-order valence-corrected chi connectivity index (χ2v) is 6.10. The Morgan fingerprint density at radius 3 is 2.21 bits per heavy atom. The standard InChI is InChI=1S/C19H17F3N2O5/c1-3-29-18(26)14-8-13(9-16(10-14)24(27)28)17(25)23(2)11-12-4-6-15(7-5-12)19(20,21)22/h4-10H,3,11H2,1-2H3. The number of carbonyl (C=O) groups excluding carboxylic acids is 2. The number of nitro benzene ring substituents is 1. The Bertz CT molecular complexity index is 926. The summed E-state index contributed by atoms with van der Waals surface area (Å²) in [4.78, 5) is 36.1. The number of nitro groups is 1. The molecule has 10 heteroatoms. The quantitative estimate of drug-likeness (QED) is 0.407. The van der Waals surface area contributed by atoms with Crippen LogP contribution in [0, 0.1) is 10.1 Å². The molecule has 0 unspecified atom stereocenters. The summed E-state index contributed by atoms with van der Waals surface area (Å²) in [7, 11) is 1.39. The van der Waals surface area contributed by atoms with Gasteiger partial charge in [-0.1, -0.05) is 12.1 Å². The topological polar surface area (TPSA) is 89.8 Å². The lowest BCUT2D eigenvalue weighted by molar-refractivity contribution is -0.384. The van der Waals surface area contributed by atoms with Gasteiger partial charge >= 0.3 is 12.1 Å². The van der Waals surface area contributed by atoms with Crippen LogP contribution in [0.5, 0.6) is 0 Å². The highest BCUT2D eigenvalue weighted by molar-refractivity contribution is 5.98. The summed E-state index contributed by atoms with van der Waals surface area (Å²) < 4.78 is 42.7. The molecular formula is C19H17F3N2O5. The van der Waals surface area contributed by atoms with Gasteiger partial charge in [-0.15, -0.1) is 0 Å². The molecule has 0 saturated heterocycles. The average molecular weight is 410 g/mol. The molecule has 1 amide bonds. The average Bonchev–Trinajstić information content (AvgIpc) is 2.66. The van der Waals surface area contributed by atoms with E-state index in [1.165, 1.54) is 30.1 Å². The van der Waals surface area contributed by atoms with Crippen LogP contribution in [-0.4, -0.2) is 35.4 Å². The first-order valence-electron chi connectivity index (χ1n) is 8.41. The Morgan fingerprint density at radius 1 is 1.10 bits per heavy atom. The van der Waals surface area contributed by atoms with Crippen molar-refractivity contribution in [2.24, 2.45) is 0 Å². The van der Waals surface area contributed by atoms with Crippen LogP contribution in [0.4, 0.5) is 18.9 Å². The van der Waals surface area contributed by atoms with E-state index in [2.05, 4.69) is 0 Å². The zero-order chi connectivity index (χ0) is 21.8. The van der Waals surface area contributed by atoms with E-state index in [1.807, 2.05) is 0 Å². The molecule has 0 heterocycles. The fraction of sp³-hybridized carbons (Fsp3) is 0.263. The maximum atomic E-state index is 12.7. The zero-order valence-corrected chi connectivity index (χ0v) is 15.5. The normalized spacial score (nSPS) is 11.1. The summed E-state index contributed by atoms with van der Waals surface area (Å²) in [5.74, 6) is -1.45. The van der Waals surface area contributed by atoms with E-state index in [9.17, 15) is 32.9 Å². The van der Waals surface area contributed by atoms with Gasteiger partial charge in [0.2, 0.25) is 0 Å². The third-order valence-electron chi connectivity index (χ3n) is 3.93. The summed E-state index contributed by atoms with van der Waals surface area (Å²) in [6.45, 7) is 1.59. The molecule has 2 aromatic rings. The Morgan fingerprint density at radius 2 is 1.69 bits per heavy atom. The van der Waals surface area contributed by atoms with E-state index in [4.69, 9.17) is 4.74 Å². The van der Waals surface area contributed by atoms with Gasteiger partial charge in [-0.2, -0.15) is 13.2 Å². The van der Waals surface area contributed by atoms with Crippen molar-refractivity contribution in [1.82, 2.24) is 4.90 Å². The number of hydrogen-bond donors (Lipinski definition) is 0. The first-order valence-corrected chi connectivity index (χ1v) is 8.41. The largest absolute Gasteiger partial charge is 0.462 e. The van der Waals surface area contributed by atoms with Crippen LogP contribution in [0.1, 0.15) is 38.8 Å². The number of benzene rings is 2. The molecule has 0 aliphatic rings. The van der Waals surface area contributed by atoms with E-state index in [0.717, 1.165) is 24.3 Å². The first kappa shape index (κ1) is 21.9. The molecule has 0 aliphatic heterocycles. The number of alkyl halides is 3. The van der Waals surface area contributed by atoms with Gasteiger partial charge in [-0.3, -0.25) is 14.9 Å². The summed E-state index contributed by atoms with van der Waals surface area (Å²) in [6, 6.07) is 7.49. The Kier molecular flexibility index (Phi) is 6.57. The van der Waals surface area contributed by atoms with E-state index in [1.54, 1.807) is 6.92 Å². The molecule has 0 fully saturated rings. The molecule has 0 aromatic heterocycles. The predicted molar refractivity (Wildman–Crippen MR) is 96.3 cm³/mol. The van der Waals surface area contributed by atoms with Gasteiger partial charge < -0.3 is 9.64 Å². The van der Waals surface area contributed by atoms with Crippen molar-refractivity contribution in [3.8, 4) is 0 Å². The number of amides is 1. The second kappa shape index (κ2) is 8.72. The number of halogens is 3. The van der Waals surface area contributed by atoms with Crippen molar-refractivity contribution in [3.05, 3.63) is 74.8 Å². The summed E-state index contributed by atoms with van der Waals surface area (Å²) in [6.07, 6.45) is -4.47. The van der Waals surface area contributed by atoms with Gasteiger partial charge in [0.25, 0.3) is 11.6 Å². The molecule has 0 atom stereocenters. The maximum Gasteiger partial charge on any atom is 0.416 e. The van der Waals surface area contributed by atoms with Crippen LogP contribution in [0.3, 0.4) is 0 Å². The third kappa shape index (κ3) is 5.53. The summed E-state index contributed by atoms with van der Waals surface area (Å²) >= 11 is 0. The van der Waals surface area contributed by atoms with E-state index < -0.39 is 34.2 Å². The molecule has 2 aromatic carbocycles. The Hall–Kier alpha value is -3.43. The smallest absolute Gasteiger partial charge is 0.416 e. The highest BCUT2D eigenvalue weighted by Crippen LogP contribution is 2.29. The number of non-ortho nitro benzene ring substituents is 1. The van der Waals surface area contributed by atoms with Crippen molar-refractivity contribution < 1.29 is 32.4 Å². The zero-order valence-electron chi connectivity index (χ0n) is 15.5. The van der Waals surface area contributed by atoms with Gasteiger partial charge in [0, 0.05) is 31.3 Å². The van der Waals surface area contributed by atoms with Crippen LogP contribution in [0.2, 0.25) is 0 Å². The van der Waals surface area contributed by atoms with Crippen molar-refractivity contribution in [1.29, 1.82) is 0 Å². The monoisotopic (exact) mass is 410 g/mol. The fourth-order valence-corrected chi connectivity index (χ4v) is 2.54. The highest BCUT2D eigenvalue weighted by atomic mass is 19.4. The van der Waals surface area contributed by atoms with Gasteiger partial charge in [-0.25, -0.2) is 4.79 Å². The van der Waals surface area contributed by atoms with Gasteiger partial charge in [-0.05, 0) is 30.7 Å². The lowest BCUT2D eigenvalue weighted by Crippen LogP contribution is -2.26. The number of hydrogen-bond acceptors (Lipinski definition) is 5. The number of carbonyl (C=O) groups is 2. The minimum absolute atomic E-state index is 0.0333. The SMILES string of the molecule is CCOC(=O)c1cc(C(=O)N(C)Cc2ccc(C(F)(F)F)cc2)cc([N+](=O)[O-])c1. The molecule has 0 aliphatic carbocycles. The van der Waals surface area contributed by atoms with Crippen molar-refractivity contribution in [2.45, 2.75) is 19.6 Å². The van der Waals surface area contributed by atoms with Crippen LogP contribution >= 0.6 is 0 Å². The lowest BCUT2D eigenvalue weighted by atomic mass is 10.1. The Labute approximate surface area is 163 Å². The van der Waals surface area contributed by atoms with Crippen LogP contribution in [-0.2, 0) is 17.5 Å². The predicted octanol–water partition coefficient (Wildman–Crippen LogP) is 4.06. The summed E-state index contributed by atoms with van der Waals surface area (Å²) in [5, 5.41) is 11.1. The molecule has 29 heavy (non-hydrogen) atoms. The first-order chi connectivity index (χ1) is 13.5. The van der Waals surface area contributed by atoms with E-state index in [-0.39, 0.29) is 24.3 Å². The van der Waals surface area contributed by atoms with Gasteiger partial charge in [0.1, 0.15) is 0 Å². The molecule has 0 radical (unpaired) electrons. The number of nitrogens with zero attached hydrogens (tertiary/aromatic N) is 2. The summed E-state index contributed by atoms with van der Waals surface area (Å²) in [5.41, 5.74) is -1.09. The third-order valence-corrected chi connectivity index (χ3v) is 3.93. The van der Waals surface area contributed by atoms with Crippen LogP contribution in [0.15, 0.2) is 42.5 Å². The minimum Gasteiger partial charge on any atom is -0.462 e. The highest BCUT2D eigenvalue weighted by Gasteiger charge is 2.30.